The molecule has 424 valence electrons. The molecule has 7 aromatic rings. The molecule has 0 amide bonds. The van der Waals surface area contributed by atoms with Crippen molar-refractivity contribution < 1.29 is 15.0 Å². The van der Waals surface area contributed by atoms with Gasteiger partial charge in [0.1, 0.15) is 27.8 Å². The van der Waals surface area contributed by atoms with Crippen molar-refractivity contribution in [2.45, 2.75) is 124 Å². The molecule has 79 heavy (non-hydrogen) atoms. The van der Waals surface area contributed by atoms with Crippen molar-refractivity contribution in [2.75, 3.05) is 47.4 Å². The maximum atomic E-state index is 11.2. The van der Waals surface area contributed by atoms with E-state index in [1.165, 1.54) is 6.20 Å². The fraction of sp³-hybridized carbons (Fsp3) is 0.426. The van der Waals surface area contributed by atoms with Gasteiger partial charge < -0.3 is 31.5 Å². The number of hydrogen-bond acceptors (Lipinski definition) is 20. The van der Waals surface area contributed by atoms with Crippen molar-refractivity contribution in [3.63, 3.8) is 0 Å². The van der Waals surface area contributed by atoms with Gasteiger partial charge in [-0.1, -0.05) is 61.0 Å². The van der Waals surface area contributed by atoms with Crippen LogP contribution in [0.3, 0.4) is 0 Å². The number of nitrogens with zero attached hydrogens (tertiary/aromatic N) is 14. The lowest BCUT2D eigenvalue weighted by Crippen LogP contribution is -2.08. The Balaban J connectivity index is 0.000000283. The van der Waals surface area contributed by atoms with Crippen LogP contribution in [-0.2, 0) is 17.6 Å². The second kappa shape index (κ2) is 40.3. The summed E-state index contributed by atoms with van der Waals surface area (Å²) in [5.41, 5.74) is 3.90. The van der Waals surface area contributed by atoms with E-state index in [1.807, 2.05) is 59.8 Å². The van der Waals surface area contributed by atoms with Crippen LogP contribution in [0, 0.1) is 13.8 Å². The lowest BCUT2D eigenvalue weighted by atomic mass is 9.92. The number of unbranched alkanes of at least 4 members (excludes halogenated alkanes) is 4. The van der Waals surface area contributed by atoms with Gasteiger partial charge in [-0.05, 0) is 145 Å². The molecule has 0 aliphatic carbocycles. The summed E-state index contributed by atoms with van der Waals surface area (Å²) in [6.07, 6.45) is 28.2. The van der Waals surface area contributed by atoms with Crippen LogP contribution >= 0.6 is 46.4 Å². The van der Waals surface area contributed by atoms with Gasteiger partial charge in [-0.3, -0.25) is 4.79 Å². The Morgan fingerprint density at radius 3 is 1.48 bits per heavy atom. The van der Waals surface area contributed by atoms with Crippen molar-refractivity contribution in [3.05, 3.63) is 147 Å². The van der Waals surface area contributed by atoms with Gasteiger partial charge >= 0.3 is 5.97 Å². The number of aliphatic hydroxyl groups excluding tert-OH is 1. The first-order valence-electron chi connectivity index (χ1n) is 26.1. The van der Waals surface area contributed by atoms with Crippen LogP contribution in [0.25, 0.3) is 6.08 Å². The van der Waals surface area contributed by atoms with E-state index in [0.29, 0.717) is 34.0 Å². The van der Waals surface area contributed by atoms with Crippen LogP contribution < -0.4 is 21.3 Å². The highest BCUT2D eigenvalue weighted by Gasteiger charge is 2.16. The van der Waals surface area contributed by atoms with Gasteiger partial charge in [-0.15, -0.1) is 0 Å². The third kappa shape index (κ3) is 31.3. The predicted molar refractivity (Wildman–Crippen MR) is 315 cm³/mol. The summed E-state index contributed by atoms with van der Waals surface area (Å²) in [4.78, 5) is 67.8. The zero-order chi connectivity index (χ0) is 57.5. The van der Waals surface area contributed by atoms with E-state index in [0.717, 1.165) is 125 Å². The molecule has 0 saturated carbocycles. The molecule has 25 heteroatoms. The Labute approximate surface area is 483 Å². The van der Waals surface area contributed by atoms with Crippen LogP contribution in [-0.4, -0.2) is 118 Å². The summed E-state index contributed by atoms with van der Waals surface area (Å²) >= 11 is 21.9. The zero-order valence-electron chi connectivity index (χ0n) is 45.6. The molecule has 6 N–H and O–H groups in total. The molecule has 0 aliphatic rings. The highest BCUT2D eigenvalue weighted by Crippen LogP contribution is 2.26. The summed E-state index contributed by atoms with van der Waals surface area (Å²) in [6.45, 7) is 15.0. The number of hydrogen-bond donors (Lipinski definition) is 6. The number of rotatable bonds is 25. The molecule has 2 unspecified atom stereocenters. The maximum absolute atomic E-state index is 11.2. The molecule has 21 nitrogen and oxygen atoms in total. The topological polar surface area (TPSA) is 286 Å². The molecular weight excluding hydrogens is 1090 g/mol. The number of nitrogens with one attached hydrogen (secondary N) is 4. The number of aliphatic carboxylic acids is 1. The van der Waals surface area contributed by atoms with Crippen molar-refractivity contribution in [1.82, 2.24) is 69.8 Å². The largest absolute Gasteiger partial charge is 0.481 e. The monoisotopic (exact) mass is 1160 g/mol. The molecule has 7 heterocycles. The number of aromatic nitrogens is 14. The van der Waals surface area contributed by atoms with E-state index < -0.39 is 12.1 Å². The molecule has 0 spiro atoms. The van der Waals surface area contributed by atoms with E-state index in [1.54, 1.807) is 73.8 Å². The molecule has 2 atom stereocenters. The van der Waals surface area contributed by atoms with Crippen molar-refractivity contribution in [2.24, 2.45) is 0 Å². The minimum atomic E-state index is -0.777. The van der Waals surface area contributed by atoms with Gasteiger partial charge in [0, 0.05) is 98.9 Å². The van der Waals surface area contributed by atoms with Gasteiger partial charge in [0.25, 0.3) is 0 Å². The number of carboxylic acids is 1. The number of carbonyl (C=O) groups is 1. The summed E-state index contributed by atoms with van der Waals surface area (Å²) in [5.74, 6) is 3.36. The molecule has 0 saturated heterocycles. The Morgan fingerprint density at radius 2 is 0.987 bits per heavy atom. The highest BCUT2D eigenvalue weighted by atomic mass is 35.5. The van der Waals surface area contributed by atoms with E-state index in [4.69, 9.17) is 51.5 Å². The lowest BCUT2D eigenvalue weighted by Gasteiger charge is -2.14. The lowest BCUT2D eigenvalue weighted by molar-refractivity contribution is -0.137. The van der Waals surface area contributed by atoms with Gasteiger partial charge in [-0.2, -0.15) is 0 Å². The Hall–Kier alpha value is -6.91. The first-order chi connectivity index (χ1) is 38.2. The standard InChI is InChI=1S/C20H29N5O2.C18H25N5O.2C6H8ClN3.C4H2Cl2N2/c1-3-21-20-22-11-10-18(25-20)9-7-5-4-6-8-16(12-19(26)27)17-13-23-15(2)24-14-17;1-3-19-18-20-11-10-16(23-18)6-4-5-7-17(24)9-8-15-12-21-14(2)22-13-15;1-2-8-5-3-4-9-6(7)10-5;1-2-8-6-9-4-3-5(7)10-6;5-3-1-2-7-4(6)8-3/h10-11,13-14,16H,3-9,12H2,1-2H3,(H,26,27)(H,21,22,25);8-13,17,24H,3-7H2,1-2H3,(H,19,20,23);2*3-4H,2H2,1H3,(H,8,9,10);1-2H/b;9-8+;;;. The van der Waals surface area contributed by atoms with Crippen LogP contribution in [0.15, 0.2) is 92.2 Å². The summed E-state index contributed by atoms with van der Waals surface area (Å²) < 4.78 is 0. The zero-order valence-corrected chi connectivity index (χ0v) is 48.6. The van der Waals surface area contributed by atoms with E-state index in [-0.39, 0.29) is 22.9 Å². The van der Waals surface area contributed by atoms with E-state index in [9.17, 15) is 9.90 Å². The third-order valence-electron chi connectivity index (χ3n) is 10.6. The number of anilines is 4. The molecular formula is C54H72Cl4N18O3. The molecule has 7 rings (SSSR count). The Morgan fingerprint density at radius 1 is 0.532 bits per heavy atom. The number of aryl methyl sites for hydroxylation is 4. The van der Waals surface area contributed by atoms with Crippen LogP contribution in [0.2, 0.25) is 20.9 Å². The quantitative estimate of drug-likeness (QED) is 0.0176. The smallest absolute Gasteiger partial charge is 0.303 e. The summed E-state index contributed by atoms with van der Waals surface area (Å²) in [7, 11) is 0. The number of aliphatic hydroxyl groups is 1. The van der Waals surface area contributed by atoms with Crippen molar-refractivity contribution >= 4 is 82.1 Å². The molecule has 0 fully saturated rings. The average Bonchev–Trinajstić information content (AvgIpc) is 3.42. The minimum absolute atomic E-state index is 0.0207. The fourth-order valence-corrected chi connectivity index (χ4v) is 7.40. The third-order valence-corrected chi connectivity index (χ3v) is 11.3. The molecule has 0 aromatic carbocycles. The van der Waals surface area contributed by atoms with Crippen LogP contribution in [0.1, 0.15) is 126 Å². The van der Waals surface area contributed by atoms with Gasteiger partial charge in [0.05, 0.1) is 12.5 Å². The Kier molecular flexibility index (Phi) is 33.9. The fourth-order valence-electron chi connectivity index (χ4n) is 6.79. The molecule has 0 bridgehead atoms. The second-order valence-electron chi connectivity index (χ2n) is 17.0. The second-order valence-corrected chi connectivity index (χ2v) is 18.4. The SMILES string of the molecule is CCNc1ccnc(Cl)n1.CCNc1nccc(CCCCC(O)/C=C/c2cnc(C)nc2)n1.CCNc1nccc(CCCCCCC(CC(=O)O)c2cnc(C)nc2)n1.CCNc1nccc(Cl)n1.Clc1ccnc(Cl)n1. The Bertz CT molecular complexity index is 2720. The van der Waals surface area contributed by atoms with Crippen LogP contribution in [0.4, 0.5) is 23.7 Å². The molecule has 0 radical (unpaired) electrons. The minimum Gasteiger partial charge on any atom is -0.481 e. The number of carboxylic acid groups (broad SMARTS) is 1. The highest BCUT2D eigenvalue weighted by molar-refractivity contribution is 6.31. The van der Waals surface area contributed by atoms with Crippen molar-refractivity contribution in [1.29, 1.82) is 0 Å². The average molecular weight is 1160 g/mol. The van der Waals surface area contributed by atoms with E-state index in [2.05, 4.69) is 91.0 Å². The molecule has 7 aromatic heterocycles. The van der Waals surface area contributed by atoms with Crippen molar-refractivity contribution in [3.8, 4) is 0 Å². The predicted octanol–water partition coefficient (Wildman–Crippen LogP) is 11.5. The maximum Gasteiger partial charge on any atom is 0.303 e. The summed E-state index contributed by atoms with van der Waals surface area (Å²) in [5, 5.41) is 32.7. The van der Waals surface area contributed by atoms with Gasteiger partial charge in [-0.25, -0.2) is 69.8 Å². The summed E-state index contributed by atoms with van der Waals surface area (Å²) in [6, 6.07) is 8.88. The van der Waals surface area contributed by atoms with Crippen LogP contribution in [0.5, 0.6) is 0 Å². The first-order valence-corrected chi connectivity index (χ1v) is 27.6. The van der Waals surface area contributed by atoms with E-state index >= 15 is 0 Å². The molecule has 0 aliphatic heterocycles. The normalized spacial score (nSPS) is 11.2. The first kappa shape index (κ1) is 66.4. The number of halogens is 4. The van der Waals surface area contributed by atoms with Gasteiger partial charge in [0.2, 0.25) is 28.4 Å². The van der Waals surface area contributed by atoms with Gasteiger partial charge in [0.15, 0.2) is 0 Å².